The van der Waals surface area contributed by atoms with Crippen LogP contribution in [0.25, 0.3) is 10.2 Å². The smallest absolute Gasteiger partial charge is 0.267 e. The van der Waals surface area contributed by atoms with Crippen molar-refractivity contribution in [3.63, 3.8) is 0 Å². The fraction of sp³-hybridized carbons (Fsp3) is 0.417. The molecule has 1 N–H and O–H groups in total. The Bertz CT molecular complexity index is 562. The Kier molecular flexibility index (Phi) is 4.27. The number of hydrogen-bond donors (Lipinski definition) is 1. The Morgan fingerprint density at radius 3 is 3.00 bits per heavy atom. The molecule has 6 heteroatoms. The summed E-state index contributed by atoms with van der Waals surface area (Å²) in [6, 6.07) is 3.75. The molecule has 0 saturated carbocycles. The zero-order chi connectivity index (χ0) is 13.1. The lowest BCUT2D eigenvalue weighted by molar-refractivity contribution is 0.0941. The van der Waals surface area contributed by atoms with E-state index in [1.54, 1.807) is 7.11 Å². The number of nitrogens with one attached hydrogen (secondary N) is 1. The number of carbonyl (C=O) groups is 1. The highest BCUT2D eigenvalue weighted by atomic mass is 35.5. The Hall–Kier alpha value is -1.04. The van der Waals surface area contributed by atoms with Crippen molar-refractivity contribution in [3.8, 4) is 0 Å². The Balaban J connectivity index is 2.08. The van der Waals surface area contributed by atoms with Gasteiger partial charge in [-0.1, -0.05) is 11.6 Å². The van der Waals surface area contributed by atoms with Crippen molar-refractivity contribution in [2.45, 2.75) is 6.42 Å². The molecule has 0 aliphatic rings. The fourth-order valence-corrected chi connectivity index (χ4v) is 3.01. The Morgan fingerprint density at radius 2 is 2.33 bits per heavy atom. The third-order valence-corrected chi connectivity index (χ3v) is 3.94. The molecule has 0 aliphatic heterocycles. The molecule has 18 heavy (non-hydrogen) atoms. The first-order valence-corrected chi connectivity index (χ1v) is 6.85. The van der Waals surface area contributed by atoms with Gasteiger partial charge in [0, 0.05) is 27.3 Å². The quantitative estimate of drug-likeness (QED) is 0.859. The minimum absolute atomic E-state index is 0.0619. The van der Waals surface area contributed by atoms with Gasteiger partial charge in [0.2, 0.25) is 0 Å². The van der Waals surface area contributed by atoms with E-state index in [0.29, 0.717) is 18.8 Å². The van der Waals surface area contributed by atoms with Gasteiger partial charge in [0.05, 0.1) is 14.6 Å². The van der Waals surface area contributed by atoms with Crippen molar-refractivity contribution in [3.05, 3.63) is 22.2 Å². The largest absolute Gasteiger partial charge is 0.385 e. The number of amides is 1. The lowest BCUT2D eigenvalue weighted by Gasteiger charge is -2.05. The van der Waals surface area contributed by atoms with E-state index >= 15 is 0 Å². The number of methoxy groups -OCH3 is 1. The molecule has 4 nitrogen and oxygen atoms in total. The van der Waals surface area contributed by atoms with Crippen molar-refractivity contribution >= 4 is 39.1 Å². The zero-order valence-electron chi connectivity index (χ0n) is 10.3. The summed E-state index contributed by atoms with van der Waals surface area (Å²) in [5.74, 6) is -0.0619. The Morgan fingerprint density at radius 1 is 1.56 bits per heavy atom. The van der Waals surface area contributed by atoms with Gasteiger partial charge >= 0.3 is 0 Å². The van der Waals surface area contributed by atoms with Gasteiger partial charge in [0.25, 0.3) is 5.91 Å². The molecule has 0 radical (unpaired) electrons. The minimum atomic E-state index is -0.0619. The van der Waals surface area contributed by atoms with Gasteiger partial charge in [-0.05, 0) is 18.6 Å². The van der Waals surface area contributed by atoms with Gasteiger partial charge in [-0.25, -0.2) is 0 Å². The molecule has 0 aliphatic carbocycles. The molecule has 0 fully saturated rings. The monoisotopic (exact) mass is 286 g/mol. The van der Waals surface area contributed by atoms with Gasteiger partial charge in [0.15, 0.2) is 0 Å². The summed E-state index contributed by atoms with van der Waals surface area (Å²) in [6.07, 6.45) is 0.812. The Labute approximate surface area is 114 Å². The van der Waals surface area contributed by atoms with Gasteiger partial charge in [-0.2, -0.15) is 0 Å². The second-order valence-electron chi connectivity index (χ2n) is 3.99. The summed E-state index contributed by atoms with van der Waals surface area (Å²) in [4.78, 5) is 12.0. The van der Waals surface area contributed by atoms with E-state index in [1.165, 1.54) is 11.3 Å². The average molecular weight is 287 g/mol. The van der Waals surface area contributed by atoms with Crippen LogP contribution in [-0.2, 0) is 11.8 Å². The van der Waals surface area contributed by atoms with Crippen LogP contribution in [0, 0.1) is 0 Å². The number of fused-ring (bicyclic) bond motifs is 1. The molecule has 0 atom stereocenters. The van der Waals surface area contributed by atoms with Gasteiger partial charge in [-0.3, -0.25) is 4.79 Å². The number of thiophene rings is 1. The molecule has 98 valence electrons. The topological polar surface area (TPSA) is 43.3 Å². The molecule has 1 amide bonds. The first-order valence-electron chi connectivity index (χ1n) is 5.65. The van der Waals surface area contributed by atoms with Crippen LogP contribution in [0.2, 0.25) is 4.34 Å². The lowest BCUT2D eigenvalue weighted by atomic mass is 10.3. The van der Waals surface area contributed by atoms with Crippen LogP contribution in [0.5, 0.6) is 0 Å². The molecule has 2 heterocycles. The zero-order valence-corrected chi connectivity index (χ0v) is 11.9. The molecular weight excluding hydrogens is 272 g/mol. The number of nitrogens with zero attached hydrogens (tertiary/aromatic N) is 1. The van der Waals surface area contributed by atoms with Gasteiger partial charge in [0.1, 0.15) is 5.69 Å². The number of carbonyl (C=O) groups excluding carboxylic acids is 1. The minimum Gasteiger partial charge on any atom is -0.385 e. The third-order valence-electron chi connectivity index (χ3n) is 2.74. The van der Waals surface area contributed by atoms with Crippen molar-refractivity contribution < 1.29 is 9.53 Å². The van der Waals surface area contributed by atoms with E-state index in [1.807, 2.05) is 23.7 Å². The maximum absolute atomic E-state index is 12.0. The first-order chi connectivity index (χ1) is 8.63. The predicted molar refractivity (Wildman–Crippen MR) is 74.6 cm³/mol. The number of aromatic nitrogens is 1. The van der Waals surface area contributed by atoms with E-state index in [2.05, 4.69) is 5.32 Å². The summed E-state index contributed by atoms with van der Waals surface area (Å²) < 4.78 is 8.57. The lowest BCUT2D eigenvalue weighted by Crippen LogP contribution is -2.26. The maximum atomic E-state index is 12.0. The van der Waals surface area contributed by atoms with Crippen molar-refractivity contribution in [2.24, 2.45) is 7.05 Å². The third kappa shape index (κ3) is 2.68. The van der Waals surface area contributed by atoms with E-state index in [-0.39, 0.29) is 5.91 Å². The normalized spacial score (nSPS) is 11.1. The molecule has 2 rings (SSSR count). The van der Waals surface area contributed by atoms with Crippen LogP contribution in [0.4, 0.5) is 0 Å². The number of hydrogen-bond acceptors (Lipinski definition) is 3. The summed E-state index contributed by atoms with van der Waals surface area (Å²) in [5, 5.41) is 2.87. The van der Waals surface area contributed by atoms with Crippen molar-refractivity contribution in [1.29, 1.82) is 0 Å². The number of rotatable bonds is 5. The summed E-state index contributed by atoms with van der Waals surface area (Å²) in [7, 11) is 3.52. The second kappa shape index (κ2) is 5.73. The van der Waals surface area contributed by atoms with Crippen LogP contribution >= 0.6 is 22.9 Å². The van der Waals surface area contributed by atoms with Crippen LogP contribution in [0.15, 0.2) is 12.1 Å². The van der Waals surface area contributed by atoms with Crippen LogP contribution in [0.3, 0.4) is 0 Å². The van der Waals surface area contributed by atoms with Gasteiger partial charge < -0.3 is 14.6 Å². The SMILES string of the molecule is COCCCNC(=O)c1cc2sc(Cl)cc2n1C. The average Bonchev–Trinajstić information content (AvgIpc) is 2.83. The molecule has 2 aromatic rings. The number of halogens is 1. The molecule has 0 spiro atoms. The van der Waals surface area contributed by atoms with E-state index in [9.17, 15) is 4.79 Å². The van der Waals surface area contributed by atoms with Crippen LogP contribution in [-0.4, -0.2) is 30.7 Å². The van der Waals surface area contributed by atoms with E-state index in [0.717, 1.165) is 21.0 Å². The highest BCUT2D eigenvalue weighted by Crippen LogP contribution is 2.31. The van der Waals surface area contributed by atoms with Crippen molar-refractivity contribution in [2.75, 3.05) is 20.3 Å². The van der Waals surface area contributed by atoms with Gasteiger partial charge in [-0.15, -0.1) is 11.3 Å². The maximum Gasteiger partial charge on any atom is 0.267 e. The van der Waals surface area contributed by atoms with Crippen LogP contribution in [0.1, 0.15) is 16.9 Å². The summed E-state index contributed by atoms with van der Waals surface area (Å²) in [6.45, 7) is 1.27. The molecular formula is C12H15ClN2O2S. The van der Waals surface area contributed by atoms with E-state index < -0.39 is 0 Å². The highest BCUT2D eigenvalue weighted by molar-refractivity contribution is 7.22. The molecule has 0 bridgehead atoms. The standard InChI is InChI=1S/C12H15ClN2O2S/c1-15-8-7-11(13)18-10(8)6-9(15)12(16)14-4-3-5-17-2/h6-7H,3-5H2,1-2H3,(H,14,16). The summed E-state index contributed by atoms with van der Waals surface area (Å²) in [5.41, 5.74) is 1.65. The molecule has 0 unspecified atom stereocenters. The first kappa shape index (κ1) is 13.4. The van der Waals surface area contributed by atoms with E-state index in [4.69, 9.17) is 16.3 Å². The van der Waals surface area contributed by atoms with Crippen LogP contribution < -0.4 is 5.32 Å². The fourth-order valence-electron chi connectivity index (χ4n) is 1.81. The molecule has 0 aromatic carbocycles. The predicted octanol–water partition coefficient (Wildman–Crippen LogP) is 2.66. The number of aryl methyl sites for hydroxylation is 1. The summed E-state index contributed by atoms with van der Waals surface area (Å²) >= 11 is 7.42. The second-order valence-corrected chi connectivity index (χ2v) is 5.71. The highest BCUT2D eigenvalue weighted by Gasteiger charge is 2.14. The van der Waals surface area contributed by atoms with Crippen molar-refractivity contribution in [1.82, 2.24) is 9.88 Å². The molecule has 2 aromatic heterocycles. The molecule has 0 saturated heterocycles. The number of ether oxygens (including phenoxy) is 1.